The predicted molar refractivity (Wildman–Crippen MR) is 138 cm³/mol. The Morgan fingerprint density at radius 3 is 1.95 bits per heavy atom. The zero-order chi connectivity index (χ0) is 30.9. The second kappa shape index (κ2) is 14.5. The number of carbonyl (C=O) groups is 1. The first-order chi connectivity index (χ1) is 19.8. The highest BCUT2D eigenvalue weighted by molar-refractivity contribution is 5.82. The number of hydrogen-bond donors (Lipinski definition) is 10. The maximum Gasteiger partial charge on any atom is 0.186 e. The summed E-state index contributed by atoms with van der Waals surface area (Å²) in [5, 5.41) is 102. The predicted octanol–water partition coefficient (Wildman–Crippen LogP) is -3.97. The lowest BCUT2D eigenvalue weighted by atomic mass is 9.76. The summed E-state index contributed by atoms with van der Waals surface area (Å²) in [5.41, 5.74) is 0. The Morgan fingerprint density at radius 2 is 1.31 bits per heavy atom. The Morgan fingerprint density at radius 1 is 0.690 bits per heavy atom. The SMILES string of the molecule is C[C@@H]1O[C@@H](OC[C@H]2O[C@@H](OC3CC(O)C(C(=O)CCC4CCC(O)C(O)C4)C(O)C3)[C@H](O)[C@@H](O)[C@@H]2O)[C@H](O)[C@H](O)[C@H]1O. The van der Waals surface area contributed by atoms with Gasteiger partial charge in [-0.2, -0.15) is 0 Å². The van der Waals surface area contributed by atoms with Crippen molar-refractivity contribution in [1.29, 1.82) is 0 Å². The maximum absolute atomic E-state index is 12.9. The van der Waals surface area contributed by atoms with Crippen LogP contribution in [-0.2, 0) is 23.7 Å². The standard InChI is InChI=1S/C27H46O15/c1-10-20(33)22(35)24(37)26(40-10)39-9-18-21(34)23(36)25(38)27(42-18)41-12-7-16(31)19(17(32)8-12)14(29)5-3-11-2-4-13(28)15(30)6-11/h10-13,15-28,30-38H,2-9H2,1H3/t10-,11?,12?,13?,15?,16?,17?,18+,19?,20-,21+,22+,23-,24+,25+,26+,27+/m0/s1. The Kier molecular flexibility index (Phi) is 11.7. The van der Waals surface area contributed by atoms with Crippen molar-refractivity contribution < 1.29 is 74.8 Å². The van der Waals surface area contributed by atoms with Gasteiger partial charge in [-0.05, 0) is 38.5 Å². The molecule has 15 atom stereocenters. The molecule has 2 aliphatic carbocycles. The summed E-state index contributed by atoms with van der Waals surface area (Å²) in [5.74, 6) is -1.32. The van der Waals surface area contributed by atoms with E-state index in [2.05, 4.69) is 0 Å². The van der Waals surface area contributed by atoms with E-state index in [0.717, 1.165) is 0 Å². The van der Waals surface area contributed by atoms with Gasteiger partial charge in [0.25, 0.3) is 0 Å². The molecule has 15 heteroatoms. The molecule has 0 amide bonds. The van der Waals surface area contributed by atoms with Crippen molar-refractivity contribution >= 4 is 5.78 Å². The van der Waals surface area contributed by atoms with E-state index in [0.29, 0.717) is 25.7 Å². The van der Waals surface area contributed by atoms with E-state index in [4.69, 9.17) is 18.9 Å². The number of Topliss-reactive ketones (excluding diaryl/α,β-unsaturated/α-hetero) is 1. The molecule has 10 N–H and O–H groups in total. The average Bonchev–Trinajstić information content (AvgIpc) is 2.94. The van der Waals surface area contributed by atoms with Gasteiger partial charge in [0.15, 0.2) is 12.6 Å². The molecule has 0 radical (unpaired) electrons. The molecule has 244 valence electrons. The third kappa shape index (κ3) is 7.66. The second-order valence-electron chi connectivity index (χ2n) is 12.2. The number of hydrogen-bond acceptors (Lipinski definition) is 15. The molecule has 42 heavy (non-hydrogen) atoms. The highest BCUT2D eigenvalue weighted by Gasteiger charge is 2.49. The van der Waals surface area contributed by atoms with Gasteiger partial charge < -0.3 is 70.0 Å². The van der Waals surface area contributed by atoms with E-state index in [9.17, 15) is 55.9 Å². The van der Waals surface area contributed by atoms with E-state index >= 15 is 0 Å². The number of aliphatic hydroxyl groups is 10. The first kappa shape index (κ1) is 34.0. The number of rotatable bonds is 9. The van der Waals surface area contributed by atoms with Gasteiger partial charge in [-0.15, -0.1) is 0 Å². The van der Waals surface area contributed by atoms with Gasteiger partial charge >= 0.3 is 0 Å². The van der Waals surface area contributed by atoms with Crippen LogP contribution >= 0.6 is 0 Å². The molecule has 0 spiro atoms. The molecule has 15 nitrogen and oxygen atoms in total. The van der Waals surface area contributed by atoms with Gasteiger partial charge in [-0.25, -0.2) is 0 Å². The van der Waals surface area contributed by atoms with Crippen LogP contribution in [0.4, 0.5) is 0 Å². The van der Waals surface area contributed by atoms with Crippen molar-refractivity contribution in [2.75, 3.05) is 6.61 Å². The zero-order valence-corrected chi connectivity index (χ0v) is 23.5. The van der Waals surface area contributed by atoms with E-state index < -0.39 is 104 Å². The van der Waals surface area contributed by atoms with Crippen LogP contribution in [0.1, 0.15) is 51.9 Å². The van der Waals surface area contributed by atoms with Gasteiger partial charge in [-0.1, -0.05) is 0 Å². The number of ether oxygens (including phenoxy) is 4. The normalized spacial score (nSPS) is 50.4. The van der Waals surface area contributed by atoms with Gasteiger partial charge in [0, 0.05) is 19.3 Å². The van der Waals surface area contributed by atoms with E-state index in [1.807, 2.05) is 0 Å². The maximum atomic E-state index is 12.9. The molecule has 4 aliphatic rings. The molecule has 2 heterocycles. The van der Waals surface area contributed by atoms with Crippen molar-refractivity contribution in [3.8, 4) is 0 Å². The number of ketones is 1. The van der Waals surface area contributed by atoms with Crippen LogP contribution in [0.2, 0.25) is 0 Å². The summed E-state index contributed by atoms with van der Waals surface area (Å²) >= 11 is 0. The van der Waals surface area contributed by atoms with E-state index in [1.165, 1.54) is 6.92 Å². The van der Waals surface area contributed by atoms with Crippen molar-refractivity contribution in [2.24, 2.45) is 11.8 Å². The van der Waals surface area contributed by atoms with Gasteiger partial charge in [0.1, 0.15) is 48.5 Å². The molecular formula is C27H46O15. The minimum absolute atomic E-state index is 0.0537. The molecule has 4 fully saturated rings. The summed E-state index contributed by atoms with van der Waals surface area (Å²) in [4.78, 5) is 12.9. The fourth-order valence-corrected chi connectivity index (χ4v) is 6.41. The lowest BCUT2D eigenvalue weighted by molar-refractivity contribution is -0.336. The Bertz CT molecular complexity index is 866. The summed E-state index contributed by atoms with van der Waals surface area (Å²) in [6, 6.07) is 0. The first-order valence-corrected chi connectivity index (χ1v) is 14.7. The molecule has 2 saturated heterocycles. The molecule has 4 rings (SSSR count). The van der Waals surface area contributed by atoms with Crippen LogP contribution in [-0.4, -0.2) is 155 Å². The smallest absolute Gasteiger partial charge is 0.186 e. The lowest BCUT2D eigenvalue weighted by Crippen LogP contribution is -2.61. The van der Waals surface area contributed by atoms with Crippen LogP contribution in [0.25, 0.3) is 0 Å². The number of carbonyl (C=O) groups excluding carboxylic acids is 1. The van der Waals surface area contributed by atoms with Crippen molar-refractivity contribution in [3.63, 3.8) is 0 Å². The summed E-state index contributed by atoms with van der Waals surface area (Å²) < 4.78 is 22.2. The molecule has 0 bridgehead atoms. The summed E-state index contributed by atoms with van der Waals surface area (Å²) in [7, 11) is 0. The Labute approximate surface area is 243 Å². The zero-order valence-electron chi connectivity index (χ0n) is 23.5. The highest BCUT2D eigenvalue weighted by Crippen LogP contribution is 2.34. The third-order valence-corrected chi connectivity index (χ3v) is 9.13. The number of aliphatic hydroxyl groups excluding tert-OH is 10. The Balaban J connectivity index is 1.28. The summed E-state index contributed by atoms with van der Waals surface area (Å²) in [6.45, 7) is 0.997. The van der Waals surface area contributed by atoms with Crippen molar-refractivity contribution in [1.82, 2.24) is 0 Å². The third-order valence-electron chi connectivity index (χ3n) is 9.13. The summed E-state index contributed by atoms with van der Waals surface area (Å²) in [6.07, 6.45) is -17.7. The quantitative estimate of drug-likeness (QED) is 0.119. The van der Waals surface area contributed by atoms with E-state index in [1.54, 1.807) is 0 Å². The van der Waals surface area contributed by atoms with Crippen molar-refractivity contribution in [2.45, 2.75) is 144 Å². The van der Waals surface area contributed by atoms with Crippen LogP contribution in [0.5, 0.6) is 0 Å². The van der Waals surface area contributed by atoms with Gasteiger partial charge in [0.2, 0.25) is 0 Å². The van der Waals surface area contributed by atoms with Crippen LogP contribution < -0.4 is 0 Å². The first-order valence-electron chi connectivity index (χ1n) is 14.7. The minimum Gasteiger partial charge on any atom is -0.392 e. The van der Waals surface area contributed by atoms with Crippen LogP contribution in [0.3, 0.4) is 0 Å². The monoisotopic (exact) mass is 610 g/mol. The largest absolute Gasteiger partial charge is 0.392 e. The Hall–Kier alpha value is -0.890. The molecule has 0 aromatic carbocycles. The minimum atomic E-state index is -1.73. The van der Waals surface area contributed by atoms with Gasteiger partial charge in [-0.3, -0.25) is 4.79 Å². The fraction of sp³-hybridized carbons (Fsp3) is 0.963. The molecule has 0 aromatic heterocycles. The average molecular weight is 611 g/mol. The highest BCUT2D eigenvalue weighted by atomic mass is 16.7. The fourth-order valence-electron chi connectivity index (χ4n) is 6.41. The van der Waals surface area contributed by atoms with Gasteiger partial charge in [0.05, 0.1) is 49.1 Å². The molecular weight excluding hydrogens is 564 g/mol. The van der Waals surface area contributed by atoms with Crippen molar-refractivity contribution in [3.05, 3.63) is 0 Å². The lowest BCUT2D eigenvalue weighted by Gasteiger charge is -2.44. The van der Waals surface area contributed by atoms with E-state index in [-0.39, 0.29) is 31.0 Å². The molecule has 2 saturated carbocycles. The molecule has 5 unspecified atom stereocenters. The molecule has 2 aliphatic heterocycles. The van der Waals surface area contributed by atoms with Crippen LogP contribution in [0.15, 0.2) is 0 Å². The second-order valence-corrected chi connectivity index (χ2v) is 12.2. The van der Waals surface area contributed by atoms with Crippen LogP contribution in [0, 0.1) is 11.8 Å². The topological polar surface area (TPSA) is 256 Å². The molecule has 0 aromatic rings.